The molecule has 0 aliphatic carbocycles. The van der Waals surface area contributed by atoms with E-state index < -0.39 is 0 Å². The third kappa shape index (κ3) is 3.63. The summed E-state index contributed by atoms with van der Waals surface area (Å²) < 4.78 is 9.31. The van der Waals surface area contributed by atoms with Crippen molar-refractivity contribution in [3.8, 4) is 11.3 Å². The Bertz CT molecular complexity index is 1200. The normalized spacial score (nSPS) is 11.1. The van der Waals surface area contributed by atoms with E-state index >= 15 is 0 Å². The molecule has 0 atom stereocenters. The minimum atomic E-state index is -0.121. The molecule has 0 aliphatic rings. The summed E-state index contributed by atoms with van der Waals surface area (Å²) in [6.07, 6.45) is 5.64. The van der Waals surface area contributed by atoms with Crippen molar-refractivity contribution in [1.29, 1.82) is 0 Å². The van der Waals surface area contributed by atoms with E-state index in [1.807, 2.05) is 50.7 Å². The zero-order chi connectivity index (χ0) is 21.3. The van der Waals surface area contributed by atoms with Gasteiger partial charge in [-0.15, -0.1) is 0 Å². The van der Waals surface area contributed by atoms with Gasteiger partial charge in [0.25, 0.3) is 5.91 Å². The average molecular weight is 405 g/mol. The zero-order valence-electron chi connectivity index (χ0n) is 17.6. The highest BCUT2D eigenvalue weighted by Gasteiger charge is 2.17. The first-order chi connectivity index (χ1) is 14.5. The Morgan fingerprint density at radius 1 is 1.23 bits per heavy atom. The van der Waals surface area contributed by atoms with Crippen molar-refractivity contribution in [2.75, 3.05) is 18.9 Å². The number of hydrogen-bond acceptors (Lipinski definition) is 5. The maximum absolute atomic E-state index is 12.6. The third-order valence-electron chi connectivity index (χ3n) is 5.24. The molecule has 4 aromatic heterocycles. The van der Waals surface area contributed by atoms with Gasteiger partial charge < -0.3 is 15.2 Å². The molecule has 4 aromatic rings. The molecule has 0 saturated heterocycles. The van der Waals surface area contributed by atoms with E-state index in [4.69, 9.17) is 4.52 Å². The average Bonchev–Trinajstić information content (AvgIpc) is 3.30. The molecule has 8 nitrogen and oxygen atoms in total. The smallest absolute Gasteiger partial charge is 0.251 e. The standard InChI is InChI=1S/C22H24N6O2/c1-14-11-18(23-4)6-8-27(14)10-7-24-22(29)17-5-9-28-19(13-25-20(28)12-17)21-15(2)26-30-16(21)3/h5-6,8-9,11-13H,7,10H2,1-4H3,(H,24,29)/p+1. The van der Waals surface area contributed by atoms with E-state index in [0.717, 1.165) is 34.1 Å². The number of rotatable bonds is 6. The number of aromatic nitrogens is 4. The van der Waals surface area contributed by atoms with Gasteiger partial charge in [-0.3, -0.25) is 9.20 Å². The first-order valence-corrected chi connectivity index (χ1v) is 9.84. The van der Waals surface area contributed by atoms with E-state index in [-0.39, 0.29) is 5.91 Å². The van der Waals surface area contributed by atoms with Crippen molar-refractivity contribution in [3.63, 3.8) is 0 Å². The van der Waals surface area contributed by atoms with Gasteiger partial charge in [0, 0.05) is 43.6 Å². The summed E-state index contributed by atoms with van der Waals surface area (Å²) in [4.78, 5) is 17.1. The first kappa shape index (κ1) is 19.6. The van der Waals surface area contributed by atoms with Gasteiger partial charge in [0.05, 0.1) is 29.7 Å². The number of pyridine rings is 2. The molecule has 0 aromatic carbocycles. The summed E-state index contributed by atoms with van der Waals surface area (Å²) >= 11 is 0. The SMILES string of the molecule is CNc1cc[n+](CCNC(=O)c2ccn3c(-c4c(C)noc4C)cnc3c2)c(C)c1. The highest BCUT2D eigenvalue weighted by Crippen LogP contribution is 2.27. The van der Waals surface area contributed by atoms with Crippen LogP contribution in [0.15, 0.2) is 47.4 Å². The van der Waals surface area contributed by atoms with Gasteiger partial charge in [0.15, 0.2) is 18.4 Å². The van der Waals surface area contributed by atoms with E-state index in [9.17, 15) is 4.79 Å². The molecule has 0 spiro atoms. The van der Waals surface area contributed by atoms with Crippen LogP contribution in [0.2, 0.25) is 0 Å². The number of amides is 1. The van der Waals surface area contributed by atoms with Gasteiger partial charge in [0.1, 0.15) is 11.4 Å². The highest BCUT2D eigenvalue weighted by molar-refractivity contribution is 5.95. The van der Waals surface area contributed by atoms with Gasteiger partial charge in [0.2, 0.25) is 0 Å². The van der Waals surface area contributed by atoms with E-state index in [2.05, 4.69) is 31.4 Å². The van der Waals surface area contributed by atoms with Gasteiger partial charge in [-0.05, 0) is 26.0 Å². The maximum atomic E-state index is 12.6. The van der Waals surface area contributed by atoms with Crippen LogP contribution < -0.4 is 15.2 Å². The lowest BCUT2D eigenvalue weighted by atomic mass is 10.1. The molecule has 0 radical (unpaired) electrons. The second-order valence-corrected chi connectivity index (χ2v) is 7.24. The number of nitrogens with zero attached hydrogens (tertiary/aromatic N) is 4. The van der Waals surface area contributed by atoms with Crippen LogP contribution >= 0.6 is 0 Å². The lowest BCUT2D eigenvalue weighted by Gasteiger charge is -2.07. The fraction of sp³-hybridized carbons (Fsp3) is 0.273. The number of carbonyl (C=O) groups is 1. The lowest BCUT2D eigenvalue weighted by Crippen LogP contribution is -2.42. The fourth-order valence-corrected chi connectivity index (χ4v) is 3.60. The molecular weight excluding hydrogens is 380 g/mol. The fourth-order valence-electron chi connectivity index (χ4n) is 3.60. The predicted molar refractivity (Wildman–Crippen MR) is 113 cm³/mol. The summed E-state index contributed by atoms with van der Waals surface area (Å²) in [5, 5.41) is 10.1. The van der Waals surface area contributed by atoms with Gasteiger partial charge >= 0.3 is 0 Å². The van der Waals surface area contributed by atoms with Crippen LogP contribution in [-0.4, -0.2) is 34.0 Å². The van der Waals surface area contributed by atoms with Crippen LogP contribution in [-0.2, 0) is 6.54 Å². The van der Waals surface area contributed by atoms with E-state index in [1.54, 1.807) is 18.3 Å². The lowest BCUT2D eigenvalue weighted by molar-refractivity contribution is -0.700. The highest BCUT2D eigenvalue weighted by atomic mass is 16.5. The van der Waals surface area contributed by atoms with Crippen LogP contribution in [0.25, 0.3) is 16.9 Å². The molecule has 4 rings (SSSR count). The topological polar surface area (TPSA) is 88.3 Å². The molecule has 0 unspecified atom stereocenters. The van der Waals surface area contributed by atoms with Crippen LogP contribution in [0.1, 0.15) is 27.5 Å². The Labute approximate surface area is 174 Å². The molecule has 0 aliphatic heterocycles. The Hall–Kier alpha value is -3.68. The van der Waals surface area contributed by atoms with Crippen LogP contribution in [0, 0.1) is 20.8 Å². The van der Waals surface area contributed by atoms with Crippen molar-refractivity contribution >= 4 is 17.2 Å². The quantitative estimate of drug-likeness (QED) is 0.482. The maximum Gasteiger partial charge on any atom is 0.251 e. The summed E-state index contributed by atoms with van der Waals surface area (Å²) in [5.41, 5.74) is 6.10. The molecule has 8 heteroatoms. The summed E-state index contributed by atoms with van der Waals surface area (Å²) in [5.74, 6) is 0.621. The Kier molecular flexibility index (Phi) is 5.22. The zero-order valence-corrected chi connectivity index (χ0v) is 17.6. The van der Waals surface area contributed by atoms with Crippen molar-refractivity contribution in [1.82, 2.24) is 19.9 Å². The molecule has 1 amide bonds. The molecule has 0 saturated carbocycles. The number of hydrogen-bond donors (Lipinski definition) is 2. The van der Waals surface area contributed by atoms with Gasteiger partial charge in [-0.1, -0.05) is 5.16 Å². The van der Waals surface area contributed by atoms with Gasteiger partial charge in [-0.2, -0.15) is 0 Å². The summed E-state index contributed by atoms with van der Waals surface area (Å²) in [6, 6.07) is 7.67. The molecule has 4 heterocycles. The molecule has 2 N–H and O–H groups in total. The van der Waals surface area contributed by atoms with Crippen LogP contribution in [0.3, 0.4) is 0 Å². The summed E-state index contributed by atoms with van der Waals surface area (Å²) in [7, 11) is 1.90. The second-order valence-electron chi connectivity index (χ2n) is 7.24. The molecule has 0 bridgehead atoms. The Morgan fingerprint density at radius 2 is 2.07 bits per heavy atom. The first-order valence-electron chi connectivity index (χ1n) is 9.84. The van der Waals surface area contributed by atoms with Gasteiger partial charge in [-0.25, -0.2) is 9.55 Å². The molecular formula is C22H25N6O2+. The number of anilines is 1. The molecule has 30 heavy (non-hydrogen) atoms. The van der Waals surface area contributed by atoms with E-state index in [0.29, 0.717) is 24.3 Å². The monoisotopic (exact) mass is 405 g/mol. The molecule has 154 valence electrons. The number of nitrogens with one attached hydrogen (secondary N) is 2. The summed E-state index contributed by atoms with van der Waals surface area (Å²) in [6.45, 7) is 7.06. The van der Waals surface area contributed by atoms with Crippen LogP contribution in [0.5, 0.6) is 0 Å². The third-order valence-corrected chi connectivity index (χ3v) is 5.24. The van der Waals surface area contributed by atoms with E-state index in [1.165, 1.54) is 0 Å². The minimum absolute atomic E-state index is 0.121. The Morgan fingerprint density at radius 3 is 2.77 bits per heavy atom. The largest absolute Gasteiger partial charge is 0.388 e. The van der Waals surface area contributed by atoms with Crippen molar-refractivity contribution < 1.29 is 13.9 Å². The van der Waals surface area contributed by atoms with Crippen molar-refractivity contribution in [2.45, 2.75) is 27.3 Å². The molecule has 0 fully saturated rings. The van der Waals surface area contributed by atoms with Crippen molar-refractivity contribution in [2.24, 2.45) is 0 Å². The number of fused-ring (bicyclic) bond motifs is 1. The van der Waals surface area contributed by atoms with Crippen molar-refractivity contribution in [3.05, 3.63) is 65.6 Å². The second kappa shape index (κ2) is 7.98. The number of aryl methyl sites for hydroxylation is 3. The van der Waals surface area contributed by atoms with Crippen LogP contribution in [0.4, 0.5) is 5.69 Å². The number of imidazole rings is 1. The Balaban J connectivity index is 1.46. The predicted octanol–water partition coefficient (Wildman–Crippen LogP) is 2.67. The number of carbonyl (C=O) groups excluding carboxylic acids is 1. The minimum Gasteiger partial charge on any atom is -0.388 e.